The van der Waals surface area contributed by atoms with Gasteiger partial charge in [-0.1, -0.05) is 25.1 Å². The molecule has 0 radical (unpaired) electrons. The maximum absolute atomic E-state index is 9.88. The van der Waals surface area contributed by atoms with Crippen LogP contribution in [0.5, 0.6) is 5.75 Å². The number of thioether (sulfide) groups is 1. The predicted octanol–water partition coefficient (Wildman–Crippen LogP) is 2.47. The van der Waals surface area contributed by atoms with Crippen LogP contribution in [-0.2, 0) is 0 Å². The lowest BCUT2D eigenvalue weighted by molar-refractivity contribution is 0.104. The van der Waals surface area contributed by atoms with Gasteiger partial charge in [0.25, 0.3) is 0 Å². The summed E-state index contributed by atoms with van der Waals surface area (Å²) in [6, 6.07) is 8.27. The Labute approximate surface area is 120 Å². The zero-order valence-corrected chi connectivity index (χ0v) is 12.9. The Morgan fingerprint density at radius 1 is 1.37 bits per heavy atom. The second-order valence-corrected chi connectivity index (χ2v) is 6.02. The van der Waals surface area contributed by atoms with Crippen LogP contribution in [0, 0.1) is 6.92 Å². The highest BCUT2D eigenvalue weighted by Gasteiger charge is 2.08. The van der Waals surface area contributed by atoms with E-state index in [9.17, 15) is 5.11 Å². The molecule has 0 bridgehead atoms. The number of aryl methyl sites for hydroxylation is 1. The van der Waals surface area contributed by atoms with E-state index in [2.05, 4.69) is 19.2 Å². The molecule has 0 amide bonds. The minimum atomic E-state index is -0.478. The summed E-state index contributed by atoms with van der Waals surface area (Å²) in [4.78, 5) is 0. The number of ether oxygens (including phenoxy) is 1. The second kappa shape index (κ2) is 9.23. The molecule has 0 spiro atoms. The van der Waals surface area contributed by atoms with Crippen LogP contribution in [0.3, 0.4) is 0 Å². The van der Waals surface area contributed by atoms with Gasteiger partial charge in [-0.05, 0) is 31.2 Å². The summed E-state index contributed by atoms with van der Waals surface area (Å²) in [6.45, 7) is 7.19. The highest BCUT2D eigenvalue weighted by molar-refractivity contribution is 7.99. The quantitative estimate of drug-likeness (QED) is 0.730. The lowest BCUT2D eigenvalue weighted by atomic mass is 10.2. The van der Waals surface area contributed by atoms with Crippen molar-refractivity contribution in [1.29, 1.82) is 0 Å². The molecule has 4 heteroatoms. The van der Waals surface area contributed by atoms with Gasteiger partial charge in [0, 0.05) is 18.3 Å². The first-order valence-electron chi connectivity index (χ1n) is 6.81. The van der Waals surface area contributed by atoms with Crippen molar-refractivity contribution in [2.45, 2.75) is 32.9 Å². The van der Waals surface area contributed by atoms with Crippen molar-refractivity contribution in [3.8, 4) is 5.75 Å². The molecule has 1 aromatic rings. The Morgan fingerprint density at radius 3 is 2.79 bits per heavy atom. The Balaban J connectivity index is 2.21. The van der Waals surface area contributed by atoms with Crippen molar-refractivity contribution in [2.75, 3.05) is 24.7 Å². The van der Waals surface area contributed by atoms with Crippen LogP contribution in [0.25, 0.3) is 0 Å². The van der Waals surface area contributed by atoms with E-state index in [4.69, 9.17) is 4.74 Å². The van der Waals surface area contributed by atoms with Gasteiger partial charge in [-0.2, -0.15) is 11.8 Å². The Kier molecular flexibility index (Phi) is 7.94. The summed E-state index contributed by atoms with van der Waals surface area (Å²) < 4.78 is 5.62. The molecule has 0 aromatic heterocycles. The maximum atomic E-state index is 9.88. The van der Waals surface area contributed by atoms with Crippen molar-refractivity contribution >= 4 is 11.8 Å². The average molecular weight is 283 g/mol. The van der Waals surface area contributed by atoms with Gasteiger partial charge in [-0.25, -0.2) is 0 Å². The van der Waals surface area contributed by atoms with Crippen molar-refractivity contribution in [3.05, 3.63) is 29.8 Å². The normalized spacial score (nSPS) is 14.1. The minimum Gasteiger partial charge on any atom is -0.491 e. The zero-order chi connectivity index (χ0) is 14.1. The largest absolute Gasteiger partial charge is 0.491 e. The lowest BCUT2D eigenvalue weighted by Gasteiger charge is -2.17. The maximum Gasteiger partial charge on any atom is 0.122 e. The van der Waals surface area contributed by atoms with Gasteiger partial charge >= 0.3 is 0 Å². The topological polar surface area (TPSA) is 41.5 Å². The smallest absolute Gasteiger partial charge is 0.122 e. The van der Waals surface area contributed by atoms with Gasteiger partial charge in [-0.3, -0.25) is 0 Å². The van der Waals surface area contributed by atoms with Gasteiger partial charge in [0.15, 0.2) is 0 Å². The molecule has 0 aliphatic heterocycles. The highest BCUT2D eigenvalue weighted by Crippen LogP contribution is 2.16. The molecule has 3 nitrogen and oxygen atoms in total. The lowest BCUT2D eigenvalue weighted by Crippen LogP contribution is -2.37. The molecule has 2 unspecified atom stereocenters. The number of rotatable bonds is 9. The molecule has 2 atom stereocenters. The van der Waals surface area contributed by atoms with E-state index < -0.39 is 6.10 Å². The molecule has 1 rings (SSSR count). The first-order valence-corrected chi connectivity index (χ1v) is 7.96. The first kappa shape index (κ1) is 16.3. The number of aliphatic hydroxyl groups excluding tert-OH is 1. The summed E-state index contributed by atoms with van der Waals surface area (Å²) in [6.07, 6.45) is -0.478. The number of hydrogen-bond acceptors (Lipinski definition) is 4. The molecular formula is C15H25NO2S. The SMILES string of the molecule is CCSCC(C)NCC(O)COc1ccccc1C. The summed E-state index contributed by atoms with van der Waals surface area (Å²) >= 11 is 1.90. The van der Waals surface area contributed by atoms with Crippen molar-refractivity contribution in [3.63, 3.8) is 0 Å². The summed E-state index contributed by atoms with van der Waals surface area (Å²) in [5.74, 6) is 3.04. The van der Waals surface area contributed by atoms with Crippen LogP contribution in [-0.4, -0.2) is 41.9 Å². The number of para-hydroxylation sites is 1. The standard InChI is InChI=1S/C15H25NO2S/c1-4-19-11-13(3)16-9-14(17)10-18-15-8-6-5-7-12(15)2/h5-8,13-14,16-17H,4,9-11H2,1-3H3. The predicted molar refractivity (Wildman–Crippen MR) is 83.1 cm³/mol. The van der Waals surface area contributed by atoms with E-state index in [0.717, 1.165) is 22.8 Å². The Hall–Kier alpha value is -0.710. The number of nitrogens with one attached hydrogen (secondary N) is 1. The monoisotopic (exact) mass is 283 g/mol. The fraction of sp³-hybridized carbons (Fsp3) is 0.600. The van der Waals surface area contributed by atoms with Crippen molar-refractivity contribution < 1.29 is 9.84 Å². The van der Waals surface area contributed by atoms with Crippen LogP contribution < -0.4 is 10.1 Å². The molecule has 0 saturated carbocycles. The second-order valence-electron chi connectivity index (χ2n) is 4.70. The molecule has 108 valence electrons. The van der Waals surface area contributed by atoms with Crippen molar-refractivity contribution in [2.24, 2.45) is 0 Å². The highest BCUT2D eigenvalue weighted by atomic mass is 32.2. The van der Waals surface area contributed by atoms with Crippen LogP contribution in [0.15, 0.2) is 24.3 Å². The average Bonchev–Trinajstić information content (AvgIpc) is 2.42. The van der Waals surface area contributed by atoms with Gasteiger partial charge < -0.3 is 15.2 Å². The molecular weight excluding hydrogens is 258 g/mol. The molecule has 0 fully saturated rings. The number of aliphatic hydroxyl groups is 1. The molecule has 2 N–H and O–H groups in total. The van der Waals surface area contributed by atoms with E-state index in [0.29, 0.717) is 19.2 Å². The summed E-state index contributed by atoms with van der Waals surface area (Å²) in [5, 5.41) is 13.2. The van der Waals surface area contributed by atoms with Crippen molar-refractivity contribution in [1.82, 2.24) is 5.32 Å². The molecule has 19 heavy (non-hydrogen) atoms. The molecule has 0 aliphatic rings. The summed E-state index contributed by atoms with van der Waals surface area (Å²) in [7, 11) is 0. The van der Waals surface area contributed by atoms with E-state index in [-0.39, 0.29) is 0 Å². The fourth-order valence-electron chi connectivity index (χ4n) is 1.65. The van der Waals surface area contributed by atoms with E-state index in [1.54, 1.807) is 0 Å². The van der Waals surface area contributed by atoms with Crippen LogP contribution in [0.4, 0.5) is 0 Å². The first-order chi connectivity index (χ1) is 9.13. The Bertz CT molecular complexity index is 360. The van der Waals surface area contributed by atoms with Crippen LogP contribution >= 0.6 is 11.8 Å². The third-order valence-electron chi connectivity index (χ3n) is 2.80. The zero-order valence-electron chi connectivity index (χ0n) is 12.1. The fourth-order valence-corrected chi connectivity index (χ4v) is 2.36. The van der Waals surface area contributed by atoms with E-state index in [1.807, 2.05) is 43.0 Å². The molecule has 0 saturated heterocycles. The number of hydrogen-bond donors (Lipinski definition) is 2. The number of benzene rings is 1. The van der Waals surface area contributed by atoms with Crippen LogP contribution in [0.2, 0.25) is 0 Å². The third kappa shape index (κ3) is 6.85. The molecule has 1 aromatic carbocycles. The third-order valence-corrected chi connectivity index (χ3v) is 3.94. The van der Waals surface area contributed by atoms with Gasteiger partial charge in [-0.15, -0.1) is 0 Å². The molecule has 0 aliphatic carbocycles. The Morgan fingerprint density at radius 2 is 2.11 bits per heavy atom. The van der Waals surface area contributed by atoms with Gasteiger partial charge in [0.1, 0.15) is 18.5 Å². The molecule has 0 heterocycles. The van der Waals surface area contributed by atoms with Crippen LogP contribution in [0.1, 0.15) is 19.4 Å². The van der Waals surface area contributed by atoms with Gasteiger partial charge in [0.05, 0.1) is 0 Å². The van der Waals surface area contributed by atoms with Gasteiger partial charge in [0.2, 0.25) is 0 Å². The minimum absolute atomic E-state index is 0.325. The van der Waals surface area contributed by atoms with E-state index in [1.165, 1.54) is 0 Å². The van der Waals surface area contributed by atoms with E-state index >= 15 is 0 Å². The summed E-state index contributed by atoms with van der Waals surface area (Å²) in [5.41, 5.74) is 1.09.